The maximum atomic E-state index is 12.0. The molecule has 0 aliphatic carbocycles. The molecule has 16 heavy (non-hydrogen) atoms. The lowest BCUT2D eigenvalue weighted by Gasteiger charge is -2.34. The molecule has 1 aliphatic heterocycles. The minimum Gasteiger partial charge on any atom is -0.351 e. The van der Waals surface area contributed by atoms with Crippen LogP contribution in [0.25, 0.3) is 0 Å². The fourth-order valence-electron chi connectivity index (χ4n) is 2.19. The summed E-state index contributed by atoms with van der Waals surface area (Å²) < 4.78 is 4.97. The molecule has 5 heteroatoms. The second kappa shape index (κ2) is 4.25. The first-order valence-corrected chi connectivity index (χ1v) is 5.54. The van der Waals surface area contributed by atoms with E-state index in [1.165, 1.54) is 0 Å². The zero-order chi connectivity index (χ0) is 11.7. The van der Waals surface area contributed by atoms with E-state index >= 15 is 0 Å². The van der Waals surface area contributed by atoms with Crippen LogP contribution in [-0.4, -0.2) is 35.1 Å². The third kappa shape index (κ3) is 2.24. The summed E-state index contributed by atoms with van der Waals surface area (Å²) in [7, 11) is 0. The lowest BCUT2D eigenvalue weighted by Crippen LogP contribution is -2.48. The number of amides is 1. The van der Waals surface area contributed by atoms with Gasteiger partial charge in [0.15, 0.2) is 0 Å². The molecule has 0 radical (unpaired) electrons. The number of hydrogen-bond donors (Lipinski definition) is 1. The molecule has 0 bridgehead atoms. The third-order valence-corrected chi connectivity index (χ3v) is 2.82. The first-order valence-electron chi connectivity index (χ1n) is 5.54. The van der Waals surface area contributed by atoms with E-state index in [1.807, 2.05) is 0 Å². The molecule has 1 amide bonds. The van der Waals surface area contributed by atoms with E-state index in [-0.39, 0.29) is 11.9 Å². The summed E-state index contributed by atoms with van der Waals surface area (Å²) in [5, 5.41) is 3.72. The number of aromatic nitrogens is 1. The predicted octanol–water partition coefficient (Wildman–Crippen LogP) is 0.792. The van der Waals surface area contributed by atoms with E-state index in [9.17, 15) is 4.79 Å². The number of hydrogen-bond acceptors (Lipinski definition) is 4. The molecule has 1 fully saturated rings. The van der Waals surface area contributed by atoms with Gasteiger partial charge in [-0.05, 0) is 19.3 Å². The molecule has 0 aromatic carbocycles. The first-order chi connectivity index (χ1) is 7.56. The SMILES string of the molecule is Cc1cc(C(=O)N2CC(C)CC(N)C2)on1. The highest BCUT2D eigenvalue weighted by molar-refractivity contribution is 5.91. The molecule has 0 spiro atoms. The van der Waals surface area contributed by atoms with Crippen LogP contribution in [0.15, 0.2) is 10.6 Å². The van der Waals surface area contributed by atoms with Crippen molar-refractivity contribution in [3.63, 3.8) is 0 Å². The Labute approximate surface area is 94.6 Å². The van der Waals surface area contributed by atoms with Gasteiger partial charge in [0.25, 0.3) is 5.91 Å². The average Bonchev–Trinajstić information content (AvgIpc) is 2.62. The number of likely N-dealkylation sites (tertiary alicyclic amines) is 1. The van der Waals surface area contributed by atoms with E-state index in [1.54, 1.807) is 17.9 Å². The van der Waals surface area contributed by atoms with Gasteiger partial charge in [-0.3, -0.25) is 4.79 Å². The molecule has 1 aromatic heterocycles. The van der Waals surface area contributed by atoms with Crippen LogP contribution in [0.4, 0.5) is 0 Å². The molecule has 0 saturated carbocycles. The highest BCUT2D eigenvalue weighted by Gasteiger charge is 2.28. The summed E-state index contributed by atoms with van der Waals surface area (Å²) >= 11 is 0. The van der Waals surface area contributed by atoms with Gasteiger partial charge in [-0.15, -0.1) is 0 Å². The van der Waals surface area contributed by atoms with Crippen molar-refractivity contribution in [3.05, 3.63) is 17.5 Å². The van der Waals surface area contributed by atoms with Gasteiger partial charge >= 0.3 is 0 Å². The number of aryl methyl sites for hydroxylation is 1. The average molecular weight is 223 g/mol. The van der Waals surface area contributed by atoms with Gasteiger partial charge < -0.3 is 15.2 Å². The van der Waals surface area contributed by atoms with Gasteiger partial charge in [0.1, 0.15) is 0 Å². The van der Waals surface area contributed by atoms with E-state index in [0.29, 0.717) is 18.2 Å². The Hall–Kier alpha value is -1.36. The van der Waals surface area contributed by atoms with Crippen molar-refractivity contribution in [2.45, 2.75) is 26.3 Å². The van der Waals surface area contributed by atoms with Gasteiger partial charge in [0.2, 0.25) is 5.76 Å². The molecule has 1 saturated heterocycles. The Morgan fingerprint density at radius 3 is 2.94 bits per heavy atom. The molecule has 2 atom stereocenters. The van der Waals surface area contributed by atoms with Gasteiger partial charge in [-0.25, -0.2) is 0 Å². The van der Waals surface area contributed by atoms with Crippen molar-refractivity contribution in [1.29, 1.82) is 0 Å². The molecule has 2 N–H and O–H groups in total. The Kier molecular flexibility index (Phi) is 2.96. The van der Waals surface area contributed by atoms with E-state index in [0.717, 1.165) is 18.7 Å². The van der Waals surface area contributed by atoms with Crippen molar-refractivity contribution in [2.24, 2.45) is 11.7 Å². The number of nitrogens with zero attached hydrogens (tertiary/aromatic N) is 2. The fraction of sp³-hybridized carbons (Fsp3) is 0.636. The van der Waals surface area contributed by atoms with Crippen molar-refractivity contribution >= 4 is 5.91 Å². The molecule has 5 nitrogen and oxygen atoms in total. The molecule has 1 aromatic rings. The van der Waals surface area contributed by atoms with Gasteiger partial charge in [-0.2, -0.15) is 0 Å². The third-order valence-electron chi connectivity index (χ3n) is 2.82. The van der Waals surface area contributed by atoms with Crippen LogP contribution in [-0.2, 0) is 0 Å². The number of carbonyl (C=O) groups is 1. The summed E-state index contributed by atoms with van der Waals surface area (Å²) in [4.78, 5) is 13.8. The van der Waals surface area contributed by atoms with Crippen LogP contribution in [0.3, 0.4) is 0 Å². The summed E-state index contributed by atoms with van der Waals surface area (Å²) in [6.07, 6.45) is 0.971. The Bertz CT molecular complexity index is 378. The zero-order valence-corrected chi connectivity index (χ0v) is 9.64. The van der Waals surface area contributed by atoms with Crippen LogP contribution in [0.2, 0.25) is 0 Å². The summed E-state index contributed by atoms with van der Waals surface area (Å²) in [5.41, 5.74) is 6.62. The lowest BCUT2D eigenvalue weighted by atomic mass is 9.96. The maximum absolute atomic E-state index is 12.0. The highest BCUT2D eigenvalue weighted by atomic mass is 16.5. The Morgan fingerprint density at radius 2 is 2.38 bits per heavy atom. The molecular formula is C11H17N3O2. The molecule has 2 rings (SSSR count). The lowest BCUT2D eigenvalue weighted by molar-refractivity contribution is 0.0619. The van der Waals surface area contributed by atoms with Crippen LogP contribution in [0.1, 0.15) is 29.6 Å². The second-order valence-corrected chi connectivity index (χ2v) is 4.64. The number of nitrogens with two attached hydrogens (primary N) is 1. The van der Waals surface area contributed by atoms with Crippen molar-refractivity contribution in [2.75, 3.05) is 13.1 Å². The van der Waals surface area contributed by atoms with Crippen molar-refractivity contribution in [3.8, 4) is 0 Å². The van der Waals surface area contributed by atoms with Crippen LogP contribution < -0.4 is 5.73 Å². The minimum absolute atomic E-state index is 0.0664. The Balaban J connectivity index is 2.09. The summed E-state index contributed by atoms with van der Waals surface area (Å²) in [6, 6.07) is 1.73. The second-order valence-electron chi connectivity index (χ2n) is 4.64. The summed E-state index contributed by atoms with van der Waals surface area (Å²) in [6.45, 7) is 5.24. The largest absolute Gasteiger partial charge is 0.351 e. The monoisotopic (exact) mass is 223 g/mol. The molecule has 88 valence electrons. The van der Waals surface area contributed by atoms with E-state index in [4.69, 9.17) is 10.3 Å². The van der Waals surface area contributed by atoms with Crippen molar-refractivity contribution < 1.29 is 9.32 Å². The number of carbonyl (C=O) groups excluding carboxylic acids is 1. The van der Waals surface area contributed by atoms with Gasteiger partial charge in [-0.1, -0.05) is 12.1 Å². The number of piperidine rings is 1. The topological polar surface area (TPSA) is 72.4 Å². The highest BCUT2D eigenvalue weighted by Crippen LogP contribution is 2.17. The molecule has 2 heterocycles. The van der Waals surface area contributed by atoms with Crippen LogP contribution in [0, 0.1) is 12.8 Å². The van der Waals surface area contributed by atoms with Crippen molar-refractivity contribution in [1.82, 2.24) is 10.1 Å². The molecule has 1 aliphatic rings. The fourth-order valence-corrected chi connectivity index (χ4v) is 2.19. The normalized spacial score (nSPS) is 25.8. The van der Waals surface area contributed by atoms with E-state index < -0.39 is 0 Å². The summed E-state index contributed by atoms with van der Waals surface area (Å²) in [5.74, 6) is 0.637. The molecule has 2 unspecified atom stereocenters. The standard InChI is InChI=1S/C11H17N3O2/c1-7-3-9(12)6-14(5-7)11(15)10-4-8(2)13-16-10/h4,7,9H,3,5-6,12H2,1-2H3. The first kappa shape index (κ1) is 11.1. The Morgan fingerprint density at radius 1 is 1.62 bits per heavy atom. The predicted molar refractivity (Wildman–Crippen MR) is 58.9 cm³/mol. The van der Waals surface area contributed by atoms with Crippen LogP contribution >= 0.6 is 0 Å². The molecular weight excluding hydrogens is 206 g/mol. The number of rotatable bonds is 1. The van der Waals surface area contributed by atoms with Gasteiger partial charge in [0, 0.05) is 25.2 Å². The maximum Gasteiger partial charge on any atom is 0.292 e. The van der Waals surface area contributed by atoms with E-state index in [2.05, 4.69) is 12.1 Å². The smallest absolute Gasteiger partial charge is 0.292 e. The minimum atomic E-state index is -0.109. The van der Waals surface area contributed by atoms with Crippen LogP contribution in [0.5, 0.6) is 0 Å². The zero-order valence-electron chi connectivity index (χ0n) is 9.64. The van der Waals surface area contributed by atoms with Gasteiger partial charge in [0.05, 0.1) is 5.69 Å². The quantitative estimate of drug-likeness (QED) is 0.764.